The number of nitrogens with one attached hydrogen (secondary N) is 2. The summed E-state index contributed by atoms with van der Waals surface area (Å²) in [5.41, 5.74) is 1.18. The highest BCUT2D eigenvalue weighted by molar-refractivity contribution is 7.89. The number of carbonyl (C=O) groups is 1. The van der Waals surface area contributed by atoms with Gasteiger partial charge in [0.2, 0.25) is 10.0 Å². The fourth-order valence-corrected chi connectivity index (χ4v) is 3.27. The van der Waals surface area contributed by atoms with Gasteiger partial charge in [-0.2, -0.15) is 5.26 Å². The highest BCUT2D eigenvalue weighted by atomic mass is 32.2. The van der Waals surface area contributed by atoms with Crippen LogP contribution in [0.15, 0.2) is 53.4 Å². The van der Waals surface area contributed by atoms with E-state index in [0.717, 1.165) is 5.56 Å². The summed E-state index contributed by atoms with van der Waals surface area (Å²) in [6.07, 6.45) is 0.0860. The minimum absolute atomic E-state index is 0.0386. The third kappa shape index (κ3) is 5.05. The fourth-order valence-electron chi connectivity index (χ4n) is 2.24. The van der Waals surface area contributed by atoms with Crippen molar-refractivity contribution >= 4 is 15.9 Å². The minimum Gasteiger partial charge on any atom is -0.496 e. The van der Waals surface area contributed by atoms with E-state index in [2.05, 4.69) is 10.0 Å². The monoisotopic (exact) mass is 373 g/mol. The van der Waals surface area contributed by atoms with E-state index in [-0.39, 0.29) is 23.8 Å². The van der Waals surface area contributed by atoms with Crippen LogP contribution in [-0.2, 0) is 16.6 Å². The lowest BCUT2D eigenvalue weighted by Crippen LogP contribution is -2.25. The first-order chi connectivity index (χ1) is 12.5. The summed E-state index contributed by atoms with van der Waals surface area (Å²) in [6, 6.07) is 14.8. The molecule has 2 aromatic rings. The van der Waals surface area contributed by atoms with Gasteiger partial charge in [0.1, 0.15) is 5.75 Å². The van der Waals surface area contributed by atoms with Gasteiger partial charge in [-0.3, -0.25) is 4.79 Å². The van der Waals surface area contributed by atoms with Gasteiger partial charge < -0.3 is 10.1 Å². The predicted molar refractivity (Wildman–Crippen MR) is 96.0 cm³/mol. The normalized spacial score (nSPS) is 10.8. The van der Waals surface area contributed by atoms with Crippen molar-refractivity contribution in [3.8, 4) is 11.8 Å². The maximum Gasteiger partial charge on any atom is 0.251 e. The number of nitriles is 1. The van der Waals surface area contributed by atoms with E-state index in [1.165, 1.54) is 24.3 Å². The Morgan fingerprint density at radius 1 is 1.15 bits per heavy atom. The van der Waals surface area contributed by atoms with Crippen LogP contribution in [-0.4, -0.2) is 28.0 Å². The first-order valence-corrected chi connectivity index (χ1v) is 9.33. The number of rotatable bonds is 8. The molecule has 26 heavy (non-hydrogen) atoms. The van der Waals surface area contributed by atoms with Gasteiger partial charge in [0.25, 0.3) is 5.91 Å². The molecule has 8 heteroatoms. The molecule has 0 radical (unpaired) electrons. The van der Waals surface area contributed by atoms with E-state index < -0.39 is 10.0 Å². The Balaban J connectivity index is 2.01. The van der Waals surface area contributed by atoms with Crippen LogP contribution in [0.4, 0.5) is 0 Å². The molecule has 0 aliphatic carbocycles. The lowest BCUT2D eigenvalue weighted by molar-refractivity contribution is 0.0950. The number of amides is 1. The molecule has 0 fully saturated rings. The van der Waals surface area contributed by atoms with Crippen LogP contribution in [0.1, 0.15) is 22.3 Å². The standard InChI is InChI=1S/C18H19N3O4S/c1-25-17-6-3-2-5-15(17)13-20-18(22)14-7-9-16(10-8-14)26(23,24)21-12-4-11-19/h2-3,5-10,21H,4,12-13H2,1H3,(H,20,22). The molecule has 0 saturated heterocycles. The molecule has 0 bridgehead atoms. The van der Waals surface area contributed by atoms with Crippen LogP contribution in [0.25, 0.3) is 0 Å². The fraction of sp³-hybridized carbons (Fsp3) is 0.222. The molecule has 0 aliphatic rings. The third-order valence-corrected chi connectivity index (χ3v) is 5.06. The summed E-state index contributed by atoms with van der Waals surface area (Å²) in [7, 11) is -2.13. The highest BCUT2D eigenvalue weighted by Crippen LogP contribution is 2.17. The molecule has 0 heterocycles. The van der Waals surface area contributed by atoms with E-state index in [1.807, 2.05) is 24.3 Å². The SMILES string of the molecule is COc1ccccc1CNC(=O)c1ccc(S(=O)(=O)NCCC#N)cc1. The highest BCUT2D eigenvalue weighted by Gasteiger charge is 2.14. The number of hydrogen-bond donors (Lipinski definition) is 2. The van der Waals surface area contributed by atoms with Crippen LogP contribution in [0, 0.1) is 11.3 Å². The Labute approximate surface area is 152 Å². The van der Waals surface area contributed by atoms with Crippen LogP contribution < -0.4 is 14.8 Å². The number of benzene rings is 2. The van der Waals surface area contributed by atoms with Gasteiger partial charge in [0.15, 0.2) is 0 Å². The number of methoxy groups -OCH3 is 1. The number of nitrogens with zero attached hydrogens (tertiary/aromatic N) is 1. The molecule has 0 saturated carbocycles. The lowest BCUT2D eigenvalue weighted by Gasteiger charge is -2.10. The second-order valence-corrected chi connectivity index (χ2v) is 7.09. The molecular weight excluding hydrogens is 354 g/mol. The quantitative estimate of drug-likeness (QED) is 0.686. The molecule has 2 N–H and O–H groups in total. The molecule has 0 unspecified atom stereocenters. The Hall–Kier alpha value is -2.89. The van der Waals surface area contributed by atoms with Crippen molar-refractivity contribution in [1.29, 1.82) is 5.26 Å². The Bertz CT molecular complexity index is 903. The molecule has 0 aliphatic heterocycles. The summed E-state index contributed by atoms with van der Waals surface area (Å²) >= 11 is 0. The van der Waals surface area contributed by atoms with Gasteiger partial charge >= 0.3 is 0 Å². The smallest absolute Gasteiger partial charge is 0.251 e. The topological polar surface area (TPSA) is 108 Å². The van der Waals surface area contributed by atoms with Crippen LogP contribution >= 0.6 is 0 Å². The molecule has 0 atom stereocenters. The van der Waals surface area contributed by atoms with Crippen LogP contribution in [0.5, 0.6) is 5.75 Å². The Kier molecular flexibility index (Phi) is 6.72. The maximum atomic E-state index is 12.2. The number of sulfonamides is 1. The summed E-state index contributed by atoms with van der Waals surface area (Å²) in [6.45, 7) is 0.332. The molecule has 2 rings (SSSR count). The van der Waals surface area contributed by atoms with Gasteiger partial charge in [-0.25, -0.2) is 13.1 Å². The third-order valence-electron chi connectivity index (χ3n) is 3.59. The minimum atomic E-state index is -3.69. The molecule has 1 amide bonds. The Morgan fingerprint density at radius 3 is 2.50 bits per heavy atom. The largest absolute Gasteiger partial charge is 0.496 e. The zero-order valence-electron chi connectivity index (χ0n) is 14.2. The van der Waals surface area contributed by atoms with E-state index >= 15 is 0 Å². The van der Waals surface area contributed by atoms with E-state index in [4.69, 9.17) is 10.00 Å². The van der Waals surface area contributed by atoms with Crippen molar-refractivity contribution in [2.24, 2.45) is 0 Å². The first kappa shape index (κ1) is 19.4. The average molecular weight is 373 g/mol. The molecule has 0 spiro atoms. The van der Waals surface area contributed by atoms with Gasteiger partial charge in [0.05, 0.1) is 18.1 Å². The molecule has 0 aromatic heterocycles. The zero-order chi connectivity index (χ0) is 19.0. The van der Waals surface area contributed by atoms with E-state index in [0.29, 0.717) is 17.9 Å². The number of ether oxygens (including phenoxy) is 1. The van der Waals surface area contributed by atoms with E-state index in [1.54, 1.807) is 13.2 Å². The van der Waals surface area contributed by atoms with E-state index in [9.17, 15) is 13.2 Å². The van der Waals surface area contributed by atoms with Crippen molar-refractivity contribution in [2.45, 2.75) is 17.9 Å². The van der Waals surface area contributed by atoms with Crippen molar-refractivity contribution in [2.75, 3.05) is 13.7 Å². The number of hydrogen-bond acceptors (Lipinski definition) is 5. The number of para-hydroxylation sites is 1. The van der Waals surface area contributed by atoms with Gasteiger partial charge in [0, 0.05) is 30.6 Å². The summed E-state index contributed by atoms with van der Waals surface area (Å²) in [5, 5.41) is 11.2. The van der Waals surface area contributed by atoms with Crippen molar-refractivity contribution in [1.82, 2.24) is 10.0 Å². The second-order valence-electron chi connectivity index (χ2n) is 5.32. The van der Waals surface area contributed by atoms with Gasteiger partial charge in [-0.1, -0.05) is 18.2 Å². The average Bonchev–Trinajstić information content (AvgIpc) is 2.66. The van der Waals surface area contributed by atoms with Gasteiger partial charge in [-0.05, 0) is 30.3 Å². The van der Waals surface area contributed by atoms with Crippen LogP contribution in [0.2, 0.25) is 0 Å². The predicted octanol–water partition coefficient (Wildman–Crippen LogP) is 1.82. The maximum absolute atomic E-state index is 12.2. The molecule has 7 nitrogen and oxygen atoms in total. The van der Waals surface area contributed by atoms with Gasteiger partial charge in [-0.15, -0.1) is 0 Å². The Morgan fingerprint density at radius 2 is 1.85 bits per heavy atom. The molecule has 2 aromatic carbocycles. The second kappa shape index (κ2) is 8.99. The zero-order valence-corrected chi connectivity index (χ0v) is 15.0. The van der Waals surface area contributed by atoms with Crippen molar-refractivity contribution in [3.63, 3.8) is 0 Å². The summed E-state index contributed by atoms with van der Waals surface area (Å²) in [4.78, 5) is 12.3. The van der Waals surface area contributed by atoms with Crippen molar-refractivity contribution in [3.05, 3.63) is 59.7 Å². The summed E-state index contributed by atoms with van der Waals surface area (Å²) < 4.78 is 31.6. The molecule has 136 valence electrons. The first-order valence-electron chi connectivity index (χ1n) is 7.84. The number of carbonyl (C=O) groups excluding carboxylic acids is 1. The van der Waals surface area contributed by atoms with Crippen molar-refractivity contribution < 1.29 is 17.9 Å². The molecular formula is C18H19N3O4S. The van der Waals surface area contributed by atoms with Crippen LogP contribution in [0.3, 0.4) is 0 Å². The summed E-state index contributed by atoms with van der Waals surface area (Å²) in [5.74, 6) is 0.356. The lowest BCUT2D eigenvalue weighted by atomic mass is 10.2.